The molecule has 0 saturated carbocycles. The van der Waals surface area contributed by atoms with Gasteiger partial charge in [0.15, 0.2) is 0 Å². The highest BCUT2D eigenvalue weighted by atomic mass is 19.1. The lowest BCUT2D eigenvalue weighted by atomic mass is 10.2. The Bertz CT molecular complexity index is 586. The summed E-state index contributed by atoms with van der Waals surface area (Å²) in [7, 11) is 0. The molecular formula is C12H14FN3O2. The number of rotatable bonds is 4. The van der Waals surface area contributed by atoms with Crippen LogP contribution in [0.15, 0.2) is 29.1 Å². The fraction of sp³-hybridized carbons (Fsp3) is 0.250. The van der Waals surface area contributed by atoms with Crippen molar-refractivity contribution < 1.29 is 9.50 Å². The second-order valence-electron chi connectivity index (χ2n) is 3.95. The van der Waals surface area contributed by atoms with E-state index in [1.807, 2.05) is 0 Å². The van der Waals surface area contributed by atoms with Crippen molar-refractivity contribution in [3.05, 3.63) is 46.0 Å². The van der Waals surface area contributed by atoms with Crippen LogP contribution in [0.4, 0.5) is 4.39 Å². The molecule has 0 aliphatic carbocycles. The minimum Gasteiger partial charge on any atom is -0.493 e. The maximum absolute atomic E-state index is 12.8. The molecule has 0 atom stereocenters. The third-order valence-electron chi connectivity index (χ3n) is 2.68. The van der Waals surface area contributed by atoms with Crippen LogP contribution in [-0.4, -0.2) is 21.4 Å². The van der Waals surface area contributed by atoms with Crippen molar-refractivity contribution in [2.75, 3.05) is 6.54 Å². The molecule has 0 saturated heterocycles. The van der Waals surface area contributed by atoms with E-state index < -0.39 is 0 Å². The molecule has 0 amide bonds. The van der Waals surface area contributed by atoms with Gasteiger partial charge < -0.3 is 10.8 Å². The fourth-order valence-corrected chi connectivity index (χ4v) is 1.74. The van der Waals surface area contributed by atoms with Gasteiger partial charge in [-0.25, -0.2) is 9.07 Å². The van der Waals surface area contributed by atoms with Crippen LogP contribution in [0.5, 0.6) is 5.88 Å². The van der Waals surface area contributed by atoms with Crippen molar-refractivity contribution >= 4 is 0 Å². The number of halogens is 1. The molecule has 18 heavy (non-hydrogen) atoms. The highest BCUT2D eigenvalue weighted by molar-refractivity contribution is 5.37. The summed E-state index contributed by atoms with van der Waals surface area (Å²) in [6, 6.07) is 5.45. The average Bonchev–Trinajstić information content (AvgIpc) is 2.64. The molecule has 4 N–H and O–H groups in total. The van der Waals surface area contributed by atoms with Gasteiger partial charge in [-0.2, -0.15) is 0 Å². The average molecular weight is 251 g/mol. The highest BCUT2D eigenvalue weighted by Crippen LogP contribution is 2.19. The molecule has 2 aromatic rings. The van der Waals surface area contributed by atoms with Gasteiger partial charge in [-0.15, -0.1) is 0 Å². The Hall–Kier alpha value is -2.08. The zero-order valence-corrected chi connectivity index (χ0v) is 9.69. The van der Waals surface area contributed by atoms with Gasteiger partial charge >= 0.3 is 0 Å². The zero-order chi connectivity index (χ0) is 13.1. The summed E-state index contributed by atoms with van der Waals surface area (Å²) in [4.78, 5) is 11.7. The number of H-pyrrole nitrogens is 1. The van der Waals surface area contributed by atoms with Gasteiger partial charge in [-0.3, -0.25) is 9.89 Å². The Morgan fingerprint density at radius 2 is 2.00 bits per heavy atom. The Morgan fingerprint density at radius 3 is 2.61 bits per heavy atom. The van der Waals surface area contributed by atoms with Crippen molar-refractivity contribution in [3.63, 3.8) is 0 Å². The monoisotopic (exact) mass is 251 g/mol. The second-order valence-corrected chi connectivity index (χ2v) is 3.95. The maximum atomic E-state index is 12.8. The molecule has 0 unspecified atom stereocenters. The van der Waals surface area contributed by atoms with E-state index in [4.69, 9.17) is 5.73 Å². The number of nitrogens with one attached hydrogen (secondary N) is 1. The normalized spacial score (nSPS) is 10.8. The van der Waals surface area contributed by atoms with Crippen molar-refractivity contribution in [3.8, 4) is 11.6 Å². The number of aromatic hydroxyl groups is 1. The summed E-state index contributed by atoms with van der Waals surface area (Å²) in [5.74, 6) is -0.531. The largest absolute Gasteiger partial charge is 0.493 e. The lowest BCUT2D eigenvalue weighted by Gasteiger charge is -2.04. The molecule has 0 fully saturated rings. The minimum atomic E-state index is -0.379. The number of aromatic nitrogens is 2. The standard InChI is InChI=1S/C12H14FN3O2/c13-8-3-5-9(6-4-8)16-12(18)10(2-1-7-14)11(17)15-16/h3-6,18H,1-2,7,14H2,(H,15,17). The van der Waals surface area contributed by atoms with Crippen LogP contribution in [0.3, 0.4) is 0 Å². The molecule has 0 aliphatic rings. The molecule has 6 heteroatoms. The van der Waals surface area contributed by atoms with Crippen LogP contribution >= 0.6 is 0 Å². The van der Waals surface area contributed by atoms with Gasteiger partial charge in [0.1, 0.15) is 5.82 Å². The quantitative estimate of drug-likeness (QED) is 0.755. The lowest BCUT2D eigenvalue weighted by molar-refractivity contribution is 0.427. The topological polar surface area (TPSA) is 84.0 Å². The summed E-state index contributed by atoms with van der Waals surface area (Å²) < 4.78 is 14.0. The van der Waals surface area contributed by atoms with Crippen LogP contribution in [0.1, 0.15) is 12.0 Å². The molecule has 0 radical (unpaired) electrons. The maximum Gasteiger partial charge on any atom is 0.271 e. The van der Waals surface area contributed by atoms with Gasteiger partial charge in [0.25, 0.3) is 5.56 Å². The van der Waals surface area contributed by atoms with Gasteiger partial charge in [-0.05, 0) is 43.7 Å². The summed E-state index contributed by atoms with van der Waals surface area (Å²) >= 11 is 0. The van der Waals surface area contributed by atoms with Gasteiger partial charge in [-0.1, -0.05) is 0 Å². The van der Waals surface area contributed by atoms with E-state index >= 15 is 0 Å². The Morgan fingerprint density at radius 1 is 1.33 bits per heavy atom. The third kappa shape index (κ3) is 2.28. The molecule has 96 valence electrons. The van der Waals surface area contributed by atoms with E-state index in [-0.39, 0.29) is 17.3 Å². The molecule has 1 aromatic heterocycles. The highest BCUT2D eigenvalue weighted by Gasteiger charge is 2.14. The first-order chi connectivity index (χ1) is 8.63. The zero-order valence-electron chi connectivity index (χ0n) is 9.69. The molecular weight excluding hydrogens is 237 g/mol. The summed E-state index contributed by atoms with van der Waals surface area (Å²) in [6.07, 6.45) is 1.02. The van der Waals surface area contributed by atoms with Gasteiger partial charge in [0.2, 0.25) is 5.88 Å². The smallest absolute Gasteiger partial charge is 0.271 e. The molecule has 5 nitrogen and oxygen atoms in total. The first kappa shape index (κ1) is 12.4. The van der Waals surface area contributed by atoms with Crippen LogP contribution in [0, 0.1) is 5.82 Å². The molecule has 0 bridgehead atoms. The molecule has 0 spiro atoms. The van der Waals surface area contributed by atoms with E-state index in [2.05, 4.69) is 5.10 Å². The van der Waals surface area contributed by atoms with E-state index in [1.54, 1.807) is 0 Å². The van der Waals surface area contributed by atoms with Crippen LogP contribution in [0.25, 0.3) is 5.69 Å². The summed E-state index contributed by atoms with van der Waals surface area (Å²) in [6.45, 7) is 0.445. The number of nitrogens with zero attached hydrogens (tertiary/aromatic N) is 1. The van der Waals surface area contributed by atoms with Gasteiger partial charge in [0.05, 0.1) is 11.3 Å². The van der Waals surface area contributed by atoms with E-state index in [0.717, 1.165) is 0 Å². The van der Waals surface area contributed by atoms with E-state index in [1.165, 1.54) is 28.9 Å². The third-order valence-corrected chi connectivity index (χ3v) is 2.68. The first-order valence-corrected chi connectivity index (χ1v) is 5.62. The Labute approximate surface area is 103 Å². The van der Waals surface area contributed by atoms with Crippen LogP contribution in [-0.2, 0) is 6.42 Å². The van der Waals surface area contributed by atoms with Crippen molar-refractivity contribution in [1.29, 1.82) is 0 Å². The number of nitrogens with two attached hydrogens (primary N) is 1. The number of benzene rings is 1. The predicted octanol–water partition coefficient (Wildman–Crippen LogP) is 0.902. The van der Waals surface area contributed by atoms with Crippen LogP contribution in [0.2, 0.25) is 0 Å². The fourth-order valence-electron chi connectivity index (χ4n) is 1.74. The summed E-state index contributed by atoms with van der Waals surface area (Å²) in [5, 5.41) is 12.5. The van der Waals surface area contributed by atoms with E-state index in [9.17, 15) is 14.3 Å². The van der Waals surface area contributed by atoms with Crippen LogP contribution < -0.4 is 11.3 Å². The second kappa shape index (κ2) is 5.05. The number of hydrogen-bond acceptors (Lipinski definition) is 3. The van der Waals surface area contributed by atoms with Crippen molar-refractivity contribution in [1.82, 2.24) is 9.78 Å². The number of hydrogen-bond donors (Lipinski definition) is 3. The molecule has 1 heterocycles. The minimum absolute atomic E-state index is 0.153. The first-order valence-electron chi connectivity index (χ1n) is 5.62. The lowest BCUT2D eigenvalue weighted by Crippen LogP contribution is -2.09. The van der Waals surface area contributed by atoms with Crippen molar-refractivity contribution in [2.24, 2.45) is 5.73 Å². The molecule has 1 aromatic carbocycles. The Kier molecular flexibility index (Phi) is 3.47. The number of aromatic amines is 1. The predicted molar refractivity (Wildman–Crippen MR) is 65.4 cm³/mol. The van der Waals surface area contributed by atoms with Crippen molar-refractivity contribution in [2.45, 2.75) is 12.8 Å². The van der Waals surface area contributed by atoms with Gasteiger partial charge in [0, 0.05) is 0 Å². The molecule has 0 aliphatic heterocycles. The van der Waals surface area contributed by atoms with E-state index in [0.29, 0.717) is 30.6 Å². The Balaban J connectivity index is 2.40. The summed E-state index contributed by atoms with van der Waals surface area (Å²) in [5.41, 5.74) is 5.80. The molecule has 2 rings (SSSR count). The SMILES string of the molecule is NCCCc1c(O)n(-c2ccc(F)cc2)[nH]c1=O.